The molecule has 4 unspecified atom stereocenters. The zero-order valence-electron chi connectivity index (χ0n) is 20.0. The van der Waals surface area contributed by atoms with Gasteiger partial charge in [-0.1, -0.05) is 33.6 Å². The number of aromatic hydroxyl groups is 1. The second-order valence-corrected chi connectivity index (χ2v) is 11.7. The molecular formula is C28H18Br2N2O7. The Kier molecular flexibility index (Phi) is 6.03. The molecular weight excluding hydrogens is 636 g/mol. The van der Waals surface area contributed by atoms with E-state index in [1.54, 1.807) is 12.1 Å². The van der Waals surface area contributed by atoms with Gasteiger partial charge in [0.2, 0.25) is 11.8 Å². The van der Waals surface area contributed by atoms with Crippen LogP contribution in [0.2, 0.25) is 0 Å². The highest BCUT2D eigenvalue weighted by molar-refractivity contribution is 9.12. The van der Waals surface area contributed by atoms with Crippen LogP contribution in [0.4, 0.5) is 11.4 Å². The molecule has 3 aliphatic carbocycles. The largest absolute Gasteiger partial charge is 0.508 e. The lowest BCUT2D eigenvalue weighted by Gasteiger charge is -2.42. The summed E-state index contributed by atoms with van der Waals surface area (Å²) in [6, 6.07) is 10.2. The summed E-state index contributed by atoms with van der Waals surface area (Å²) in [4.78, 5) is 65.7. The lowest BCUT2D eigenvalue weighted by atomic mass is 9.59. The number of allylic oxidation sites excluding steroid dienone is 6. The molecule has 1 fully saturated rings. The first kappa shape index (κ1) is 25.6. The quantitative estimate of drug-likeness (QED) is 0.161. The first-order valence-electron chi connectivity index (χ1n) is 12.1. The number of nitrogens with zero attached hydrogens (tertiary/aromatic N) is 2. The fourth-order valence-electron chi connectivity index (χ4n) is 6.32. The number of imide groups is 1. The highest BCUT2D eigenvalue weighted by Gasteiger charge is 2.57. The molecule has 0 bridgehead atoms. The van der Waals surface area contributed by atoms with Gasteiger partial charge in [-0.3, -0.25) is 29.3 Å². The monoisotopic (exact) mass is 652 g/mol. The molecule has 0 spiro atoms. The zero-order chi connectivity index (χ0) is 27.7. The van der Waals surface area contributed by atoms with Crippen LogP contribution in [0.25, 0.3) is 0 Å². The van der Waals surface area contributed by atoms with E-state index in [2.05, 4.69) is 31.9 Å². The Morgan fingerprint density at radius 3 is 2.51 bits per heavy atom. The third-order valence-corrected chi connectivity index (χ3v) is 9.01. The van der Waals surface area contributed by atoms with E-state index in [9.17, 15) is 34.4 Å². The topological polar surface area (TPSA) is 135 Å². The average Bonchev–Trinajstić information content (AvgIpc) is 3.17. The molecule has 0 radical (unpaired) electrons. The number of non-ortho nitro benzene ring substituents is 1. The van der Waals surface area contributed by atoms with Crippen molar-refractivity contribution in [2.24, 2.45) is 17.8 Å². The van der Waals surface area contributed by atoms with Crippen LogP contribution in [0, 0.1) is 27.9 Å². The number of halogens is 2. The van der Waals surface area contributed by atoms with Gasteiger partial charge in [-0.15, -0.1) is 0 Å². The van der Waals surface area contributed by atoms with E-state index in [0.717, 1.165) is 4.90 Å². The van der Waals surface area contributed by atoms with E-state index in [0.29, 0.717) is 15.6 Å². The number of carbonyl (C=O) groups is 4. The fourth-order valence-corrected chi connectivity index (χ4v) is 7.14. The van der Waals surface area contributed by atoms with Crippen molar-refractivity contribution in [3.8, 4) is 5.75 Å². The summed E-state index contributed by atoms with van der Waals surface area (Å²) in [5.74, 6) is -4.73. The van der Waals surface area contributed by atoms with Gasteiger partial charge in [0.15, 0.2) is 11.6 Å². The van der Waals surface area contributed by atoms with Gasteiger partial charge in [-0.2, -0.15) is 0 Å². The normalized spacial score (nSPS) is 26.2. The van der Waals surface area contributed by atoms with Crippen LogP contribution in [-0.4, -0.2) is 33.4 Å². The second-order valence-electron chi connectivity index (χ2n) is 9.89. The van der Waals surface area contributed by atoms with Crippen LogP contribution in [0.1, 0.15) is 24.3 Å². The van der Waals surface area contributed by atoms with E-state index in [-0.39, 0.29) is 57.2 Å². The molecule has 11 heteroatoms. The van der Waals surface area contributed by atoms with Crippen molar-refractivity contribution < 1.29 is 29.2 Å². The van der Waals surface area contributed by atoms with Gasteiger partial charge in [0.1, 0.15) is 5.75 Å². The summed E-state index contributed by atoms with van der Waals surface area (Å²) in [7, 11) is 0. The maximum Gasteiger partial charge on any atom is 0.271 e. The van der Waals surface area contributed by atoms with Crippen molar-refractivity contribution >= 4 is 66.6 Å². The third kappa shape index (κ3) is 3.86. The fraction of sp³-hybridized carbons (Fsp3) is 0.214. The van der Waals surface area contributed by atoms with Gasteiger partial charge in [0, 0.05) is 45.3 Å². The Balaban J connectivity index is 1.49. The van der Waals surface area contributed by atoms with Crippen molar-refractivity contribution in [3.05, 3.63) is 96.0 Å². The molecule has 4 aliphatic rings. The number of ketones is 2. The van der Waals surface area contributed by atoms with Gasteiger partial charge in [-0.05, 0) is 59.0 Å². The summed E-state index contributed by atoms with van der Waals surface area (Å²) in [5, 5.41) is 22.2. The van der Waals surface area contributed by atoms with Crippen LogP contribution >= 0.6 is 31.9 Å². The van der Waals surface area contributed by atoms with Crippen molar-refractivity contribution in [2.75, 3.05) is 4.90 Å². The Bertz CT molecular complexity index is 1640. The van der Waals surface area contributed by atoms with Crippen LogP contribution in [0.15, 0.2) is 80.3 Å². The molecule has 2 aromatic rings. The summed E-state index contributed by atoms with van der Waals surface area (Å²) in [5.41, 5.74) is 1.47. The number of amides is 2. The minimum absolute atomic E-state index is 0.0698. The Morgan fingerprint density at radius 1 is 1.00 bits per heavy atom. The molecule has 2 amide bonds. The zero-order valence-corrected chi connectivity index (χ0v) is 23.1. The maximum atomic E-state index is 13.9. The smallest absolute Gasteiger partial charge is 0.271 e. The molecule has 1 N–H and O–H groups in total. The average molecular weight is 654 g/mol. The second kappa shape index (κ2) is 9.20. The van der Waals surface area contributed by atoms with Crippen LogP contribution in [0.3, 0.4) is 0 Å². The molecule has 196 valence electrons. The Hall–Kier alpha value is -3.70. The number of phenolic OH excluding ortho intramolecular Hbond substituents is 1. The molecule has 9 nitrogen and oxygen atoms in total. The number of hydrogen-bond acceptors (Lipinski definition) is 7. The number of benzene rings is 2. The molecule has 1 saturated heterocycles. The number of Topliss-reactive ketones (excluding diaryl/α,β-unsaturated/α-hetero) is 1. The lowest BCUT2D eigenvalue weighted by molar-refractivity contribution is -0.384. The summed E-state index contributed by atoms with van der Waals surface area (Å²) >= 11 is 6.60. The molecule has 1 aliphatic heterocycles. The van der Waals surface area contributed by atoms with Crippen molar-refractivity contribution in [3.63, 3.8) is 0 Å². The first-order valence-corrected chi connectivity index (χ1v) is 13.7. The maximum absolute atomic E-state index is 13.9. The lowest BCUT2D eigenvalue weighted by Crippen LogP contribution is -2.39. The van der Waals surface area contributed by atoms with Crippen LogP contribution in [-0.2, 0) is 19.2 Å². The number of rotatable bonds is 3. The first-order chi connectivity index (χ1) is 18.6. The summed E-state index contributed by atoms with van der Waals surface area (Å²) in [6.07, 6.45) is 3.35. The van der Waals surface area contributed by atoms with E-state index >= 15 is 0 Å². The van der Waals surface area contributed by atoms with Gasteiger partial charge in [0.25, 0.3) is 5.69 Å². The number of hydrogen-bond donors (Lipinski definition) is 1. The van der Waals surface area contributed by atoms with E-state index < -0.39 is 40.4 Å². The SMILES string of the molecule is O=C1C=C(Br)C(=O)C2=C1C(c1cc(Br)ccc1O)C1=CCC3C(=O)N(c4cccc([N+](=O)[O-])c4)C(=O)C3C1C2. The number of carbonyl (C=O) groups excluding carboxylic acids is 4. The highest BCUT2D eigenvalue weighted by Crippen LogP contribution is 2.56. The molecule has 0 saturated carbocycles. The molecule has 39 heavy (non-hydrogen) atoms. The minimum atomic E-state index is -0.838. The Labute approximate surface area is 238 Å². The van der Waals surface area contributed by atoms with Gasteiger partial charge in [-0.25, -0.2) is 4.90 Å². The predicted molar refractivity (Wildman–Crippen MR) is 146 cm³/mol. The van der Waals surface area contributed by atoms with E-state index in [1.165, 1.54) is 36.4 Å². The standard InChI is InChI=1S/C28H18Br2N2O7/c29-12-4-7-21(33)18(8-12)23-15-5-6-16-24(17(15)10-19-25(23)22(34)11-20(30)26(19)35)28(37)31(27(16)36)13-2-1-3-14(9-13)32(38)39/h1-5,7-9,11,16-17,23-24,33H,6,10H2. The molecule has 2 aromatic carbocycles. The van der Waals surface area contributed by atoms with Gasteiger partial charge >= 0.3 is 0 Å². The van der Waals surface area contributed by atoms with Gasteiger partial charge in [0.05, 0.1) is 26.9 Å². The number of phenols is 1. The van der Waals surface area contributed by atoms with Crippen LogP contribution < -0.4 is 4.90 Å². The van der Waals surface area contributed by atoms with Crippen LogP contribution in [0.5, 0.6) is 5.75 Å². The number of fused-ring (bicyclic) bond motifs is 3. The molecule has 6 rings (SSSR count). The van der Waals surface area contributed by atoms with Crippen molar-refractivity contribution in [2.45, 2.75) is 18.8 Å². The third-order valence-electron chi connectivity index (χ3n) is 7.93. The number of nitro groups is 1. The minimum Gasteiger partial charge on any atom is -0.508 e. The van der Waals surface area contributed by atoms with E-state index in [4.69, 9.17) is 0 Å². The molecule has 4 atom stereocenters. The summed E-state index contributed by atoms with van der Waals surface area (Å²) < 4.78 is 0.763. The molecule has 0 aromatic heterocycles. The number of anilines is 1. The van der Waals surface area contributed by atoms with Crippen molar-refractivity contribution in [1.82, 2.24) is 0 Å². The summed E-state index contributed by atoms with van der Waals surface area (Å²) in [6.45, 7) is 0. The van der Waals surface area contributed by atoms with Crippen molar-refractivity contribution in [1.29, 1.82) is 0 Å². The molecule has 1 heterocycles. The van der Waals surface area contributed by atoms with Gasteiger partial charge < -0.3 is 5.11 Å². The predicted octanol–water partition coefficient (Wildman–Crippen LogP) is 5.03. The Morgan fingerprint density at radius 2 is 1.77 bits per heavy atom. The number of nitro benzene ring substituents is 1. The highest BCUT2D eigenvalue weighted by atomic mass is 79.9. The van der Waals surface area contributed by atoms with E-state index in [1.807, 2.05) is 6.08 Å².